The molecule has 0 saturated heterocycles. The number of carbonyl (C=O) groups is 4. The molecule has 0 bridgehead atoms. The van der Waals surface area contributed by atoms with Gasteiger partial charge in [-0.25, -0.2) is 9.13 Å². The first-order valence-electron chi connectivity index (χ1n) is 42.3. The predicted octanol–water partition coefficient (Wildman–Crippen LogP) is 24.5. The molecule has 0 saturated carbocycles. The molecule has 0 aliphatic rings. The summed E-state index contributed by atoms with van der Waals surface area (Å²) in [6, 6.07) is 0. The van der Waals surface area contributed by atoms with Crippen molar-refractivity contribution in [3.63, 3.8) is 0 Å². The van der Waals surface area contributed by atoms with Gasteiger partial charge in [0.15, 0.2) is 12.2 Å². The maximum absolute atomic E-state index is 13.1. The molecule has 600 valence electrons. The molecule has 3 N–H and O–H groups in total. The first kappa shape index (κ1) is 99.1. The van der Waals surface area contributed by atoms with Crippen LogP contribution in [0.5, 0.6) is 0 Å². The topological polar surface area (TPSA) is 237 Å². The average Bonchev–Trinajstić information content (AvgIpc) is 0.931. The fraction of sp³-hybridized carbons (Fsp3) is 0.951. The summed E-state index contributed by atoms with van der Waals surface area (Å²) in [6.45, 7) is 11.9. The first-order chi connectivity index (χ1) is 48.7. The number of rotatable bonds is 80. The maximum Gasteiger partial charge on any atom is 0.472 e. The third-order valence-electron chi connectivity index (χ3n) is 19.1. The summed E-state index contributed by atoms with van der Waals surface area (Å²) in [7, 11) is -9.92. The van der Waals surface area contributed by atoms with Gasteiger partial charge in [-0.15, -0.1) is 0 Å². The summed E-state index contributed by atoms with van der Waals surface area (Å²) >= 11 is 0. The maximum atomic E-state index is 13.1. The Hall–Kier alpha value is -1.94. The SMILES string of the molecule is CCCCCCCCCCCCCCCCCCCCCC(=O)O[C@H](COC(=O)CCCCCCCCCCCCCCCCCC(C)C)COP(=O)(O)OC[C@@H](O)COP(=O)(O)OC[C@@H](COC(=O)CCCCCCCCC(C)C)OC(=O)CCCCCCCCCCCCCCC(C)C. The smallest absolute Gasteiger partial charge is 0.462 e. The third-order valence-corrected chi connectivity index (χ3v) is 21.0. The largest absolute Gasteiger partial charge is 0.472 e. The van der Waals surface area contributed by atoms with Crippen molar-refractivity contribution in [3.05, 3.63) is 0 Å². The van der Waals surface area contributed by atoms with Gasteiger partial charge < -0.3 is 33.8 Å². The number of ether oxygens (including phenoxy) is 4. The first-order valence-corrected chi connectivity index (χ1v) is 45.3. The Bertz CT molecular complexity index is 1960. The standard InChI is InChI=1S/C82H160O17P2/c1-8-9-10-11-12-13-14-15-16-17-18-19-22-26-32-37-42-51-58-65-81(86)98-77(69-92-79(84)63-56-49-41-36-31-25-23-20-21-24-29-34-39-46-53-60-73(2)3)71-96-100(88,89)94-67-76(83)68-95-101(90,91)97-72-78(70-93-80(85)64-57-50-45-44-48-55-62-75(6)7)99-82(87)66-59-52-43-38-33-28-27-30-35-40-47-54-61-74(4)5/h73-78,83H,8-72H2,1-7H3,(H,88,89)(H,90,91)/t76-,77-,78-/m1/s1. The molecule has 0 aliphatic carbocycles. The van der Waals surface area contributed by atoms with E-state index in [2.05, 4.69) is 48.5 Å². The lowest BCUT2D eigenvalue weighted by Gasteiger charge is -2.21. The van der Waals surface area contributed by atoms with Gasteiger partial charge in [-0.1, -0.05) is 376 Å². The van der Waals surface area contributed by atoms with Gasteiger partial charge in [0.1, 0.15) is 19.3 Å². The van der Waals surface area contributed by atoms with E-state index in [1.807, 2.05) is 0 Å². The molecule has 101 heavy (non-hydrogen) atoms. The van der Waals surface area contributed by atoms with Crippen molar-refractivity contribution in [2.24, 2.45) is 17.8 Å². The van der Waals surface area contributed by atoms with E-state index in [4.69, 9.17) is 37.0 Å². The number of phosphoric ester groups is 2. The van der Waals surface area contributed by atoms with Gasteiger partial charge in [-0.3, -0.25) is 37.3 Å². The van der Waals surface area contributed by atoms with Crippen LogP contribution in [0.15, 0.2) is 0 Å². The van der Waals surface area contributed by atoms with Gasteiger partial charge in [-0.05, 0) is 43.4 Å². The lowest BCUT2D eigenvalue weighted by Crippen LogP contribution is -2.30. The summed E-state index contributed by atoms with van der Waals surface area (Å²) in [4.78, 5) is 73.0. The minimum Gasteiger partial charge on any atom is -0.462 e. The second-order valence-electron chi connectivity index (χ2n) is 30.9. The molecule has 0 rings (SSSR count). The van der Waals surface area contributed by atoms with Crippen LogP contribution in [0.25, 0.3) is 0 Å². The summed E-state index contributed by atoms with van der Waals surface area (Å²) in [5, 5.41) is 10.6. The summed E-state index contributed by atoms with van der Waals surface area (Å²) in [5.74, 6) is 0.151. The second kappa shape index (κ2) is 72.3. The van der Waals surface area contributed by atoms with E-state index in [-0.39, 0.29) is 25.7 Å². The highest BCUT2D eigenvalue weighted by Crippen LogP contribution is 2.45. The summed E-state index contributed by atoms with van der Waals surface area (Å²) < 4.78 is 68.7. The van der Waals surface area contributed by atoms with Crippen LogP contribution >= 0.6 is 15.6 Å². The molecule has 5 atom stereocenters. The molecule has 17 nitrogen and oxygen atoms in total. The van der Waals surface area contributed by atoms with E-state index in [9.17, 15) is 43.2 Å². The van der Waals surface area contributed by atoms with Crippen molar-refractivity contribution in [1.82, 2.24) is 0 Å². The second-order valence-corrected chi connectivity index (χ2v) is 33.8. The van der Waals surface area contributed by atoms with Gasteiger partial charge in [0.2, 0.25) is 0 Å². The molecule has 0 aromatic carbocycles. The molecule has 0 fully saturated rings. The minimum absolute atomic E-state index is 0.106. The number of carbonyl (C=O) groups excluding carboxylic acids is 4. The van der Waals surface area contributed by atoms with Gasteiger partial charge in [0.05, 0.1) is 26.4 Å². The third kappa shape index (κ3) is 76.1. The van der Waals surface area contributed by atoms with Crippen LogP contribution in [-0.2, 0) is 65.4 Å². The zero-order valence-corrected chi connectivity index (χ0v) is 68.2. The molecule has 19 heteroatoms. The van der Waals surface area contributed by atoms with E-state index in [0.29, 0.717) is 31.6 Å². The summed E-state index contributed by atoms with van der Waals surface area (Å²) in [5.41, 5.74) is 0. The number of unbranched alkanes of at least 4 members (excludes halogenated alkanes) is 48. The van der Waals surface area contributed by atoms with E-state index in [0.717, 1.165) is 108 Å². The predicted molar refractivity (Wildman–Crippen MR) is 414 cm³/mol. The van der Waals surface area contributed by atoms with Crippen LogP contribution < -0.4 is 0 Å². The van der Waals surface area contributed by atoms with Crippen molar-refractivity contribution in [2.75, 3.05) is 39.6 Å². The number of aliphatic hydroxyl groups is 1. The monoisotopic (exact) mass is 1480 g/mol. The number of esters is 4. The highest BCUT2D eigenvalue weighted by molar-refractivity contribution is 7.47. The molecule has 0 radical (unpaired) electrons. The molecule has 2 unspecified atom stereocenters. The number of hydrogen-bond donors (Lipinski definition) is 3. The Morgan fingerprint density at radius 3 is 0.673 bits per heavy atom. The fourth-order valence-corrected chi connectivity index (χ4v) is 14.2. The van der Waals surface area contributed by atoms with E-state index < -0.39 is 97.5 Å². The quantitative estimate of drug-likeness (QED) is 0.0222. The lowest BCUT2D eigenvalue weighted by atomic mass is 10.0. The Labute approximate surface area is 619 Å². The van der Waals surface area contributed by atoms with Crippen molar-refractivity contribution < 1.29 is 80.2 Å². The molecule has 0 aromatic rings. The highest BCUT2D eigenvalue weighted by Gasteiger charge is 2.30. The lowest BCUT2D eigenvalue weighted by molar-refractivity contribution is -0.161. The normalized spacial score (nSPS) is 14.0. The van der Waals surface area contributed by atoms with Crippen LogP contribution in [0.1, 0.15) is 427 Å². The zero-order valence-electron chi connectivity index (χ0n) is 66.4. The average molecular weight is 1480 g/mol. The van der Waals surface area contributed by atoms with Gasteiger partial charge in [0.25, 0.3) is 0 Å². The van der Waals surface area contributed by atoms with E-state index in [1.54, 1.807) is 0 Å². The highest BCUT2D eigenvalue weighted by atomic mass is 31.2. The molecule has 0 aromatic heterocycles. The number of phosphoric acid groups is 2. The van der Waals surface area contributed by atoms with Gasteiger partial charge in [-0.2, -0.15) is 0 Å². The Kier molecular flexibility index (Phi) is 70.9. The molecular weight excluding hydrogens is 1320 g/mol. The summed E-state index contributed by atoms with van der Waals surface area (Å²) in [6.07, 6.45) is 61.3. The fourth-order valence-electron chi connectivity index (χ4n) is 12.7. The van der Waals surface area contributed by atoms with Crippen LogP contribution in [0.4, 0.5) is 0 Å². The van der Waals surface area contributed by atoms with Crippen LogP contribution in [0, 0.1) is 17.8 Å². The Morgan fingerprint density at radius 2 is 0.455 bits per heavy atom. The van der Waals surface area contributed by atoms with Crippen LogP contribution in [0.2, 0.25) is 0 Å². The van der Waals surface area contributed by atoms with Crippen molar-refractivity contribution in [2.45, 2.75) is 446 Å². The van der Waals surface area contributed by atoms with E-state index in [1.165, 1.54) is 231 Å². The number of aliphatic hydroxyl groups excluding tert-OH is 1. The van der Waals surface area contributed by atoms with Crippen LogP contribution in [0.3, 0.4) is 0 Å². The molecular formula is C82H160O17P2. The van der Waals surface area contributed by atoms with Crippen molar-refractivity contribution in [3.8, 4) is 0 Å². The Balaban J connectivity index is 5.22. The zero-order chi connectivity index (χ0) is 74.4. The van der Waals surface area contributed by atoms with Crippen molar-refractivity contribution >= 4 is 39.5 Å². The molecule has 0 aliphatic heterocycles. The van der Waals surface area contributed by atoms with Gasteiger partial charge in [0, 0.05) is 25.7 Å². The van der Waals surface area contributed by atoms with Crippen molar-refractivity contribution in [1.29, 1.82) is 0 Å². The Morgan fingerprint density at radius 1 is 0.267 bits per heavy atom. The molecule has 0 spiro atoms. The molecule has 0 heterocycles. The minimum atomic E-state index is -4.96. The molecule has 0 amide bonds. The van der Waals surface area contributed by atoms with E-state index >= 15 is 0 Å². The number of hydrogen-bond acceptors (Lipinski definition) is 15. The van der Waals surface area contributed by atoms with Crippen LogP contribution in [-0.4, -0.2) is 96.7 Å². The van der Waals surface area contributed by atoms with Gasteiger partial charge >= 0.3 is 39.5 Å².